The van der Waals surface area contributed by atoms with Crippen molar-refractivity contribution in [3.8, 4) is 0 Å². The molecule has 2 bridgehead atoms. The minimum absolute atomic E-state index is 0.152. The molecule has 2 fully saturated rings. The van der Waals surface area contributed by atoms with Crippen LogP contribution in [-0.4, -0.2) is 75.8 Å². The molecule has 3 aromatic rings. The fourth-order valence-electron chi connectivity index (χ4n) is 5.28. The van der Waals surface area contributed by atoms with Gasteiger partial charge in [-0.2, -0.15) is 10.6 Å². The summed E-state index contributed by atoms with van der Waals surface area (Å²) in [4.78, 5) is 40.7. The number of rotatable bonds is 8. The van der Waals surface area contributed by atoms with Gasteiger partial charge in [-0.3, -0.25) is 15.0 Å². The molecule has 5 rings (SSSR count). The third-order valence-corrected chi connectivity index (χ3v) is 6.82. The van der Waals surface area contributed by atoms with Crippen molar-refractivity contribution in [2.24, 2.45) is 0 Å². The Morgan fingerprint density at radius 1 is 1.17 bits per heavy atom. The summed E-state index contributed by atoms with van der Waals surface area (Å²) in [6, 6.07) is 6.19. The summed E-state index contributed by atoms with van der Waals surface area (Å²) in [5.74, 6) is 1.14. The number of pyridine rings is 2. The molecular weight excluding hydrogens is 464 g/mol. The molecule has 3 aromatic heterocycles. The first-order chi connectivity index (χ1) is 17.4. The van der Waals surface area contributed by atoms with E-state index in [9.17, 15) is 9.59 Å². The van der Waals surface area contributed by atoms with E-state index in [1.807, 2.05) is 19.1 Å². The quantitative estimate of drug-likeness (QED) is 0.270. The van der Waals surface area contributed by atoms with E-state index in [1.165, 1.54) is 13.3 Å². The number of hydrogen-bond donors (Lipinski definition) is 4. The standard InChI is InChI=1S/C24H30N8O4/c1-13-6-21(31-30-13)28-20-10-19-18(7-14(11-26-19)24(34)35-3)23(29-20)27-15-8-16-4-5-17(9-15)32(16)12-22(33)36-25-2/h6-7,10-11,15-17,25H,4-5,8-9,12H2,1-3H3,(H3,27,28,29,30,31)/t15?,16-,17+. The topological polar surface area (TPSA) is 146 Å². The van der Waals surface area contributed by atoms with Crippen LogP contribution in [0.4, 0.5) is 17.5 Å². The predicted molar refractivity (Wildman–Crippen MR) is 133 cm³/mol. The monoisotopic (exact) mass is 494 g/mol. The van der Waals surface area contributed by atoms with E-state index in [1.54, 1.807) is 13.1 Å². The SMILES string of the molecule is CNOC(=O)CN1[C@@H]2CC[C@H]1CC(Nc1nc(Nc3cc(C)[nH]n3)cc3ncc(C(=O)OC)cc13)C2. The van der Waals surface area contributed by atoms with Crippen LogP contribution in [0.3, 0.4) is 0 Å². The van der Waals surface area contributed by atoms with Crippen LogP contribution in [-0.2, 0) is 14.4 Å². The minimum atomic E-state index is -0.454. The minimum Gasteiger partial charge on any atom is -0.465 e. The van der Waals surface area contributed by atoms with Gasteiger partial charge < -0.3 is 20.2 Å². The van der Waals surface area contributed by atoms with Gasteiger partial charge in [0.1, 0.15) is 11.6 Å². The van der Waals surface area contributed by atoms with Gasteiger partial charge in [0.15, 0.2) is 5.82 Å². The third-order valence-electron chi connectivity index (χ3n) is 6.82. The Balaban J connectivity index is 1.41. The number of H-pyrrole nitrogens is 1. The molecular formula is C24H30N8O4. The molecule has 12 nitrogen and oxygen atoms in total. The number of esters is 1. The van der Waals surface area contributed by atoms with Crippen molar-refractivity contribution >= 4 is 40.3 Å². The predicted octanol–water partition coefficient (Wildman–Crippen LogP) is 2.28. The molecule has 12 heteroatoms. The van der Waals surface area contributed by atoms with Crippen LogP contribution in [0.15, 0.2) is 24.4 Å². The number of carbonyl (C=O) groups excluding carboxylic acids is 2. The molecule has 0 amide bonds. The highest BCUT2D eigenvalue weighted by Gasteiger charge is 2.41. The van der Waals surface area contributed by atoms with Crippen molar-refractivity contribution in [1.29, 1.82) is 0 Å². The average Bonchev–Trinajstić information content (AvgIpc) is 3.36. The number of hydroxylamine groups is 1. The van der Waals surface area contributed by atoms with Gasteiger partial charge in [-0.25, -0.2) is 14.6 Å². The summed E-state index contributed by atoms with van der Waals surface area (Å²) < 4.78 is 4.89. The molecule has 2 saturated heterocycles. The lowest BCUT2D eigenvalue weighted by atomic mass is 9.97. The average molecular weight is 495 g/mol. The van der Waals surface area contributed by atoms with Crippen LogP contribution in [0.5, 0.6) is 0 Å². The van der Waals surface area contributed by atoms with Crippen LogP contribution < -0.4 is 16.1 Å². The van der Waals surface area contributed by atoms with Crippen LogP contribution in [0, 0.1) is 6.92 Å². The molecule has 0 aromatic carbocycles. The zero-order valence-corrected chi connectivity index (χ0v) is 20.5. The molecule has 0 aliphatic carbocycles. The Kier molecular flexibility index (Phi) is 6.70. The first kappa shape index (κ1) is 23.9. The lowest BCUT2D eigenvalue weighted by molar-refractivity contribution is -0.152. The highest BCUT2D eigenvalue weighted by Crippen LogP contribution is 2.37. The van der Waals surface area contributed by atoms with Gasteiger partial charge in [0.05, 0.1) is 24.7 Å². The smallest absolute Gasteiger partial charge is 0.339 e. The second-order valence-electron chi connectivity index (χ2n) is 9.25. The zero-order valence-electron chi connectivity index (χ0n) is 20.5. The van der Waals surface area contributed by atoms with Crippen LogP contribution in [0.1, 0.15) is 41.7 Å². The summed E-state index contributed by atoms with van der Waals surface area (Å²) >= 11 is 0. The largest absolute Gasteiger partial charge is 0.465 e. The molecule has 2 aliphatic heterocycles. The number of aryl methyl sites for hydroxylation is 1. The number of fused-ring (bicyclic) bond motifs is 3. The van der Waals surface area contributed by atoms with Crippen molar-refractivity contribution in [2.45, 2.75) is 50.7 Å². The summed E-state index contributed by atoms with van der Waals surface area (Å²) in [5.41, 5.74) is 4.43. The van der Waals surface area contributed by atoms with E-state index >= 15 is 0 Å². The van der Waals surface area contributed by atoms with Crippen LogP contribution in [0.2, 0.25) is 0 Å². The van der Waals surface area contributed by atoms with Gasteiger partial charge in [0, 0.05) is 54.6 Å². The molecule has 36 heavy (non-hydrogen) atoms. The summed E-state index contributed by atoms with van der Waals surface area (Å²) in [6.45, 7) is 2.20. The molecule has 1 unspecified atom stereocenters. The molecule has 3 atom stereocenters. The van der Waals surface area contributed by atoms with Crippen LogP contribution >= 0.6 is 0 Å². The number of anilines is 3. The number of aromatic nitrogens is 4. The summed E-state index contributed by atoms with van der Waals surface area (Å²) in [7, 11) is 2.93. The normalized spacial score (nSPS) is 21.4. The number of methoxy groups -OCH3 is 1. The maximum atomic E-state index is 12.2. The molecule has 190 valence electrons. The Labute approximate surface area is 208 Å². The van der Waals surface area contributed by atoms with E-state index < -0.39 is 5.97 Å². The van der Waals surface area contributed by atoms with Crippen molar-refractivity contribution in [3.63, 3.8) is 0 Å². The van der Waals surface area contributed by atoms with Crippen molar-refractivity contribution in [3.05, 3.63) is 35.7 Å². The van der Waals surface area contributed by atoms with Gasteiger partial charge in [-0.1, -0.05) is 0 Å². The highest BCUT2D eigenvalue weighted by atomic mass is 16.7. The lowest BCUT2D eigenvalue weighted by Gasteiger charge is -2.38. The highest BCUT2D eigenvalue weighted by molar-refractivity contribution is 5.98. The Morgan fingerprint density at radius 3 is 2.61 bits per heavy atom. The third kappa shape index (κ3) is 4.95. The van der Waals surface area contributed by atoms with Crippen molar-refractivity contribution in [2.75, 3.05) is 31.3 Å². The number of piperidine rings is 1. The Bertz CT molecular complexity index is 1260. The number of nitrogens with one attached hydrogen (secondary N) is 4. The number of nitrogens with zero attached hydrogens (tertiary/aromatic N) is 4. The number of carbonyl (C=O) groups is 2. The van der Waals surface area contributed by atoms with E-state index in [0.29, 0.717) is 28.5 Å². The van der Waals surface area contributed by atoms with E-state index in [0.717, 1.165) is 36.8 Å². The van der Waals surface area contributed by atoms with E-state index in [4.69, 9.17) is 14.6 Å². The first-order valence-corrected chi connectivity index (χ1v) is 12.0. The number of ether oxygens (including phenoxy) is 1. The first-order valence-electron chi connectivity index (χ1n) is 12.0. The Hall–Kier alpha value is -3.77. The second-order valence-corrected chi connectivity index (χ2v) is 9.25. The van der Waals surface area contributed by atoms with Gasteiger partial charge in [0.2, 0.25) is 0 Å². The number of hydrogen-bond acceptors (Lipinski definition) is 11. The maximum Gasteiger partial charge on any atom is 0.339 e. The van der Waals surface area contributed by atoms with Crippen molar-refractivity contribution in [1.82, 2.24) is 30.5 Å². The summed E-state index contributed by atoms with van der Waals surface area (Å²) in [5, 5.41) is 14.7. The number of aromatic amines is 1. The van der Waals surface area contributed by atoms with Crippen molar-refractivity contribution < 1.29 is 19.2 Å². The molecule has 5 heterocycles. The van der Waals surface area contributed by atoms with Gasteiger partial charge in [-0.15, -0.1) is 0 Å². The van der Waals surface area contributed by atoms with Gasteiger partial charge >= 0.3 is 11.9 Å². The molecule has 0 radical (unpaired) electrons. The molecule has 0 saturated carbocycles. The molecule has 2 aliphatic rings. The zero-order chi connectivity index (χ0) is 25.2. The molecule has 0 spiro atoms. The van der Waals surface area contributed by atoms with E-state index in [-0.39, 0.29) is 30.6 Å². The van der Waals surface area contributed by atoms with E-state index in [2.05, 4.69) is 36.2 Å². The fraction of sp³-hybridized carbons (Fsp3) is 0.458. The molecule has 4 N–H and O–H groups in total. The Morgan fingerprint density at radius 2 is 1.94 bits per heavy atom. The van der Waals surface area contributed by atoms with Crippen LogP contribution in [0.25, 0.3) is 10.9 Å². The fourth-order valence-corrected chi connectivity index (χ4v) is 5.28. The summed E-state index contributed by atoms with van der Waals surface area (Å²) in [6.07, 6.45) is 5.32. The van der Waals surface area contributed by atoms with Gasteiger partial charge in [-0.05, 0) is 38.7 Å². The lowest BCUT2D eigenvalue weighted by Crippen LogP contribution is -2.49. The second kappa shape index (κ2) is 10.1. The van der Waals surface area contributed by atoms with Gasteiger partial charge in [0.25, 0.3) is 0 Å². The maximum absolute atomic E-state index is 12.2.